The molecule has 0 spiro atoms. The maximum atomic E-state index is 13.6. The predicted molar refractivity (Wildman–Crippen MR) is 129 cm³/mol. The van der Waals surface area contributed by atoms with Gasteiger partial charge in [0.05, 0.1) is 38.0 Å². The van der Waals surface area contributed by atoms with Gasteiger partial charge in [-0.1, -0.05) is 42.5 Å². The summed E-state index contributed by atoms with van der Waals surface area (Å²) in [5.74, 6) is 0.986. The molecule has 2 fully saturated rings. The molecule has 0 aliphatic carbocycles. The molecule has 0 N–H and O–H groups in total. The van der Waals surface area contributed by atoms with Crippen molar-refractivity contribution in [1.29, 1.82) is 0 Å². The van der Waals surface area contributed by atoms with Gasteiger partial charge in [0.1, 0.15) is 12.4 Å². The highest BCUT2D eigenvalue weighted by atomic mass is 16.5. The number of fused-ring (bicyclic) bond motifs is 1. The summed E-state index contributed by atoms with van der Waals surface area (Å²) >= 11 is 0. The molecule has 0 bridgehead atoms. The number of benzene rings is 2. The second-order valence-electron chi connectivity index (χ2n) is 9.01. The lowest BCUT2D eigenvalue weighted by Crippen LogP contribution is -2.54. The molecule has 34 heavy (non-hydrogen) atoms. The van der Waals surface area contributed by atoms with Crippen LogP contribution in [-0.4, -0.2) is 98.7 Å². The average Bonchev–Trinajstić information content (AvgIpc) is 2.90. The van der Waals surface area contributed by atoms with Gasteiger partial charge in [0.2, 0.25) is 11.8 Å². The van der Waals surface area contributed by atoms with Crippen LogP contribution in [0.1, 0.15) is 11.6 Å². The molecule has 0 aromatic heterocycles. The van der Waals surface area contributed by atoms with Crippen LogP contribution in [0.5, 0.6) is 5.75 Å². The predicted octanol–water partition coefficient (Wildman–Crippen LogP) is 1.63. The monoisotopic (exact) mass is 464 g/mol. The van der Waals surface area contributed by atoms with Crippen molar-refractivity contribution in [2.45, 2.75) is 6.04 Å². The lowest BCUT2D eigenvalue weighted by molar-refractivity contribution is -0.137. The fourth-order valence-corrected chi connectivity index (χ4v) is 4.90. The number of morpholine rings is 1. The Morgan fingerprint density at radius 1 is 0.765 bits per heavy atom. The Labute approximate surface area is 200 Å². The summed E-state index contributed by atoms with van der Waals surface area (Å²) in [6.45, 7) is 6.92. The van der Waals surface area contributed by atoms with E-state index in [0.29, 0.717) is 46.0 Å². The molecule has 8 nitrogen and oxygen atoms in total. The first kappa shape index (κ1) is 22.8. The fraction of sp³-hybridized carbons (Fsp3) is 0.462. The van der Waals surface area contributed by atoms with Gasteiger partial charge in [-0.2, -0.15) is 0 Å². The van der Waals surface area contributed by atoms with Gasteiger partial charge in [-0.15, -0.1) is 0 Å². The number of ether oxygens (including phenoxy) is 2. The van der Waals surface area contributed by atoms with Crippen LogP contribution in [0.3, 0.4) is 0 Å². The molecule has 3 aliphatic rings. The third-order valence-corrected chi connectivity index (χ3v) is 6.83. The van der Waals surface area contributed by atoms with E-state index in [2.05, 4.69) is 9.80 Å². The quantitative estimate of drug-likeness (QED) is 0.670. The van der Waals surface area contributed by atoms with Gasteiger partial charge in [-0.25, -0.2) is 0 Å². The molecule has 1 atom stereocenters. The first-order chi connectivity index (χ1) is 16.7. The largest absolute Gasteiger partial charge is 0.489 e. The number of carbonyl (C=O) groups is 2. The molecule has 2 aromatic carbocycles. The van der Waals surface area contributed by atoms with E-state index in [9.17, 15) is 9.59 Å². The highest BCUT2D eigenvalue weighted by molar-refractivity contribution is 5.97. The van der Waals surface area contributed by atoms with Crippen LogP contribution in [0.15, 0.2) is 54.6 Å². The number of para-hydroxylation sites is 2. The first-order valence-corrected chi connectivity index (χ1v) is 12.1. The molecule has 0 radical (unpaired) electrons. The summed E-state index contributed by atoms with van der Waals surface area (Å²) in [4.78, 5) is 34.4. The molecule has 2 aromatic rings. The lowest BCUT2D eigenvalue weighted by atomic mass is 10.0. The third kappa shape index (κ3) is 5.09. The zero-order valence-electron chi connectivity index (χ0n) is 19.5. The van der Waals surface area contributed by atoms with Crippen molar-refractivity contribution in [3.8, 4) is 5.75 Å². The number of anilines is 1. The summed E-state index contributed by atoms with van der Waals surface area (Å²) in [6.07, 6.45) is 0. The first-order valence-electron chi connectivity index (χ1n) is 12.1. The smallest absolute Gasteiger partial charge is 0.241 e. The Balaban J connectivity index is 1.21. The average molecular weight is 465 g/mol. The minimum atomic E-state index is -0.156. The van der Waals surface area contributed by atoms with Crippen LogP contribution in [0.2, 0.25) is 0 Å². The number of rotatable bonds is 5. The van der Waals surface area contributed by atoms with Gasteiger partial charge in [-0.05, 0) is 17.7 Å². The van der Waals surface area contributed by atoms with Gasteiger partial charge in [0.25, 0.3) is 0 Å². The van der Waals surface area contributed by atoms with Gasteiger partial charge >= 0.3 is 0 Å². The van der Waals surface area contributed by atoms with Crippen LogP contribution < -0.4 is 9.64 Å². The summed E-state index contributed by atoms with van der Waals surface area (Å²) in [5, 5.41) is 0. The maximum absolute atomic E-state index is 13.6. The Bertz CT molecular complexity index is 987. The van der Waals surface area contributed by atoms with Crippen LogP contribution in [0.25, 0.3) is 0 Å². The van der Waals surface area contributed by atoms with Crippen LogP contribution in [0.4, 0.5) is 5.69 Å². The molecule has 1 unspecified atom stereocenters. The van der Waals surface area contributed by atoms with Crippen molar-refractivity contribution in [3.05, 3.63) is 60.2 Å². The number of carbonyl (C=O) groups excluding carboxylic acids is 2. The second-order valence-corrected chi connectivity index (χ2v) is 9.01. The van der Waals surface area contributed by atoms with E-state index in [1.807, 2.05) is 64.4 Å². The number of nitrogens with zero attached hydrogens (tertiary/aromatic N) is 4. The van der Waals surface area contributed by atoms with Crippen molar-refractivity contribution in [2.24, 2.45) is 0 Å². The van der Waals surface area contributed by atoms with E-state index in [-0.39, 0.29) is 17.9 Å². The summed E-state index contributed by atoms with van der Waals surface area (Å²) < 4.78 is 11.3. The van der Waals surface area contributed by atoms with E-state index >= 15 is 0 Å². The van der Waals surface area contributed by atoms with Crippen LogP contribution in [0, 0.1) is 0 Å². The van der Waals surface area contributed by atoms with Gasteiger partial charge in [-0.3, -0.25) is 24.3 Å². The highest BCUT2D eigenvalue weighted by Crippen LogP contribution is 2.39. The topological polar surface area (TPSA) is 65.6 Å². The Hall–Kier alpha value is -2.94. The van der Waals surface area contributed by atoms with Gasteiger partial charge in [0, 0.05) is 39.3 Å². The van der Waals surface area contributed by atoms with Crippen molar-refractivity contribution < 1.29 is 19.1 Å². The minimum Gasteiger partial charge on any atom is -0.489 e. The zero-order valence-corrected chi connectivity index (χ0v) is 19.5. The standard InChI is InChI=1S/C26H32N4O4/c31-25(29-14-16-33-17-15-29)18-27-10-12-28(13-11-27)19-26(32)30-22-8-4-5-9-24(22)34-20-23(30)21-6-2-1-3-7-21/h1-9,23H,10-20H2. The Morgan fingerprint density at radius 2 is 1.38 bits per heavy atom. The van der Waals surface area contributed by atoms with Crippen LogP contribution >= 0.6 is 0 Å². The van der Waals surface area contributed by atoms with Gasteiger partial charge < -0.3 is 14.4 Å². The molecule has 3 aliphatic heterocycles. The van der Waals surface area contributed by atoms with E-state index in [1.165, 1.54) is 0 Å². The molecule has 3 heterocycles. The molecule has 8 heteroatoms. The van der Waals surface area contributed by atoms with Crippen molar-refractivity contribution in [3.63, 3.8) is 0 Å². The van der Waals surface area contributed by atoms with Crippen LogP contribution in [-0.2, 0) is 14.3 Å². The lowest BCUT2D eigenvalue weighted by Gasteiger charge is -2.40. The number of piperazine rings is 1. The zero-order chi connectivity index (χ0) is 23.3. The highest BCUT2D eigenvalue weighted by Gasteiger charge is 2.34. The number of amides is 2. The van der Waals surface area contributed by atoms with E-state index in [0.717, 1.165) is 43.2 Å². The normalized spacial score (nSPS) is 21.6. The molecule has 180 valence electrons. The van der Waals surface area contributed by atoms with E-state index in [4.69, 9.17) is 9.47 Å². The molecule has 5 rings (SSSR count). The summed E-state index contributed by atoms with van der Waals surface area (Å²) in [6, 6.07) is 17.7. The molecule has 2 amide bonds. The summed E-state index contributed by atoms with van der Waals surface area (Å²) in [7, 11) is 0. The molecular formula is C26H32N4O4. The van der Waals surface area contributed by atoms with Crippen molar-refractivity contribution in [2.75, 3.05) is 77.1 Å². The van der Waals surface area contributed by atoms with Crippen molar-refractivity contribution >= 4 is 17.5 Å². The van der Waals surface area contributed by atoms with Crippen molar-refractivity contribution in [1.82, 2.24) is 14.7 Å². The SMILES string of the molecule is O=C(CN1CCN(CC(=O)N2c3ccccc3OCC2c2ccccc2)CC1)N1CCOCC1. The molecular weight excluding hydrogens is 432 g/mol. The second kappa shape index (κ2) is 10.5. The number of hydrogen-bond donors (Lipinski definition) is 0. The maximum Gasteiger partial charge on any atom is 0.241 e. The fourth-order valence-electron chi connectivity index (χ4n) is 4.90. The molecule has 2 saturated heterocycles. The van der Waals surface area contributed by atoms with E-state index in [1.54, 1.807) is 0 Å². The van der Waals surface area contributed by atoms with E-state index < -0.39 is 0 Å². The third-order valence-electron chi connectivity index (χ3n) is 6.83. The minimum absolute atomic E-state index is 0.0717. The Kier molecular flexibility index (Phi) is 7.08. The molecule has 0 saturated carbocycles. The number of hydrogen-bond acceptors (Lipinski definition) is 6. The Morgan fingerprint density at radius 3 is 2.09 bits per heavy atom. The van der Waals surface area contributed by atoms with Gasteiger partial charge in [0.15, 0.2) is 0 Å². The summed E-state index contributed by atoms with van der Waals surface area (Å²) in [5.41, 5.74) is 1.89.